The lowest BCUT2D eigenvalue weighted by Gasteiger charge is -2.26. The zero-order valence-corrected chi connectivity index (χ0v) is 22.9. The Morgan fingerprint density at radius 2 is 1.65 bits per heavy atom. The van der Waals surface area contributed by atoms with Gasteiger partial charge >= 0.3 is 0 Å². The summed E-state index contributed by atoms with van der Waals surface area (Å²) in [5, 5.41) is 11.4. The zero-order valence-electron chi connectivity index (χ0n) is 22.9. The summed E-state index contributed by atoms with van der Waals surface area (Å²) in [6.45, 7) is 6.69. The van der Waals surface area contributed by atoms with Crippen molar-refractivity contribution in [2.24, 2.45) is 0 Å². The maximum atomic E-state index is 13.5. The third-order valence-corrected chi connectivity index (χ3v) is 6.79. The summed E-state index contributed by atoms with van der Waals surface area (Å²) in [6, 6.07) is 18.3. The summed E-state index contributed by atoms with van der Waals surface area (Å²) in [4.78, 5) is 28.4. The molecular formula is C32H33NO7. The number of rotatable bonds is 10. The minimum absolute atomic E-state index is 0.00295. The second-order valence-electron chi connectivity index (χ2n) is 10.0. The third-order valence-electron chi connectivity index (χ3n) is 6.79. The van der Waals surface area contributed by atoms with Crippen LogP contribution >= 0.6 is 0 Å². The van der Waals surface area contributed by atoms with E-state index in [9.17, 15) is 14.7 Å². The fourth-order valence-corrected chi connectivity index (χ4v) is 4.86. The van der Waals surface area contributed by atoms with E-state index >= 15 is 0 Å². The molecule has 40 heavy (non-hydrogen) atoms. The van der Waals surface area contributed by atoms with Crippen molar-refractivity contribution in [1.29, 1.82) is 0 Å². The molecule has 208 valence electrons. The Morgan fingerprint density at radius 3 is 2.35 bits per heavy atom. The van der Waals surface area contributed by atoms with Gasteiger partial charge in [0, 0.05) is 17.3 Å². The molecule has 0 aliphatic carbocycles. The number of hydrogen-bond acceptors (Lipinski definition) is 7. The largest absolute Gasteiger partial charge is 0.507 e. The van der Waals surface area contributed by atoms with Crippen LogP contribution in [0.3, 0.4) is 0 Å². The molecule has 2 aliphatic rings. The molecule has 2 heterocycles. The summed E-state index contributed by atoms with van der Waals surface area (Å²) >= 11 is 0. The quantitative estimate of drug-likeness (QED) is 0.137. The van der Waals surface area contributed by atoms with Crippen LogP contribution in [-0.4, -0.2) is 36.3 Å². The van der Waals surface area contributed by atoms with Crippen LogP contribution in [0.15, 0.2) is 72.3 Å². The van der Waals surface area contributed by atoms with Crippen molar-refractivity contribution < 1.29 is 33.6 Å². The van der Waals surface area contributed by atoms with E-state index in [1.54, 1.807) is 66.7 Å². The fraction of sp³-hybridized carbons (Fsp3) is 0.312. The highest BCUT2D eigenvalue weighted by Gasteiger charge is 2.47. The number of unbranched alkanes of at least 4 members (excludes halogenated alkanes) is 2. The summed E-state index contributed by atoms with van der Waals surface area (Å²) in [5.74, 6) is 0.592. The second-order valence-corrected chi connectivity index (χ2v) is 10.0. The van der Waals surface area contributed by atoms with Gasteiger partial charge in [0.1, 0.15) is 17.3 Å². The molecule has 1 fully saturated rings. The van der Waals surface area contributed by atoms with Crippen LogP contribution in [-0.2, 0) is 9.59 Å². The number of anilines is 1. The number of nitrogens with zero attached hydrogens (tertiary/aromatic N) is 1. The molecule has 1 unspecified atom stereocenters. The number of hydrogen-bond donors (Lipinski definition) is 1. The molecule has 1 atom stereocenters. The van der Waals surface area contributed by atoms with Crippen molar-refractivity contribution in [3.63, 3.8) is 0 Å². The van der Waals surface area contributed by atoms with Crippen LogP contribution in [0.4, 0.5) is 5.69 Å². The first-order valence-corrected chi connectivity index (χ1v) is 13.6. The fourth-order valence-electron chi connectivity index (χ4n) is 4.86. The van der Waals surface area contributed by atoms with E-state index < -0.39 is 17.7 Å². The molecule has 0 aromatic heterocycles. The SMILES string of the molecule is CCCCCOc1ccc(/C(O)=C2\C(=O)C(=O)N(c3ccc4c(c3)OCO4)C2c2ccc(OC(C)C)cc2)cc1. The second kappa shape index (κ2) is 11.7. The molecule has 0 bridgehead atoms. The number of Topliss-reactive ketones (excluding diaryl/α,β-unsaturated/α-hetero) is 1. The number of carbonyl (C=O) groups is 2. The van der Waals surface area contributed by atoms with Crippen molar-refractivity contribution in [1.82, 2.24) is 0 Å². The minimum Gasteiger partial charge on any atom is -0.507 e. The average Bonchev–Trinajstić information content (AvgIpc) is 3.53. The van der Waals surface area contributed by atoms with Gasteiger partial charge in [0.2, 0.25) is 6.79 Å². The predicted octanol–water partition coefficient (Wildman–Crippen LogP) is 6.40. The number of carbonyl (C=O) groups excluding carboxylic acids is 2. The lowest BCUT2D eigenvalue weighted by Crippen LogP contribution is -2.29. The molecule has 0 radical (unpaired) electrons. The minimum atomic E-state index is -0.876. The molecule has 3 aromatic carbocycles. The van der Waals surface area contributed by atoms with Crippen molar-refractivity contribution in [3.05, 3.63) is 83.4 Å². The number of ether oxygens (including phenoxy) is 4. The number of benzene rings is 3. The molecule has 8 heteroatoms. The molecular weight excluding hydrogens is 510 g/mol. The summed E-state index contributed by atoms with van der Waals surface area (Å²) in [7, 11) is 0. The Kier molecular flexibility index (Phi) is 7.96. The molecule has 0 saturated carbocycles. The monoisotopic (exact) mass is 543 g/mol. The van der Waals surface area contributed by atoms with Crippen molar-refractivity contribution in [2.75, 3.05) is 18.3 Å². The summed E-state index contributed by atoms with van der Waals surface area (Å²) < 4.78 is 22.5. The van der Waals surface area contributed by atoms with E-state index in [0.29, 0.717) is 46.4 Å². The van der Waals surface area contributed by atoms with Gasteiger partial charge in [-0.1, -0.05) is 31.9 Å². The molecule has 2 aliphatic heterocycles. The van der Waals surface area contributed by atoms with Crippen LogP contribution in [0.25, 0.3) is 5.76 Å². The van der Waals surface area contributed by atoms with Gasteiger partial charge in [-0.2, -0.15) is 0 Å². The van der Waals surface area contributed by atoms with Crippen LogP contribution < -0.4 is 23.8 Å². The highest BCUT2D eigenvalue weighted by atomic mass is 16.7. The van der Waals surface area contributed by atoms with Crippen LogP contribution in [0, 0.1) is 0 Å². The van der Waals surface area contributed by atoms with Gasteiger partial charge in [0.25, 0.3) is 11.7 Å². The van der Waals surface area contributed by atoms with E-state index in [1.165, 1.54) is 4.90 Å². The van der Waals surface area contributed by atoms with Gasteiger partial charge in [-0.25, -0.2) is 0 Å². The van der Waals surface area contributed by atoms with E-state index in [4.69, 9.17) is 18.9 Å². The Balaban J connectivity index is 1.54. The van der Waals surface area contributed by atoms with E-state index in [1.807, 2.05) is 13.8 Å². The number of fused-ring (bicyclic) bond motifs is 1. The third kappa shape index (κ3) is 5.47. The first-order chi connectivity index (χ1) is 19.4. The van der Waals surface area contributed by atoms with Gasteiger partial charge in [0.05, 0.1) is 24.3 Å². The first-order valence-electron chi connectivity index (χ1n) is 13.6. The van der Waals surface area contributed by atoms with E-state index in [2.05, 4.69) is 6.92 Å². The maximum absolute atomic E-state index is 13.5. The average molecular weight is 544 g/mol. The molecule has 1 N–H and O–H groups in total. The van der Waals surface area contributed by atoms with E-state index in [-0.39, 0.29) is 24.2 Å². The number of aliphatic hydroxyl groups excluding tert-OH is 1. The van der Waals surface area contributed by atoms with Crippen molar-refractivity contribution in [2.45, 2.75) is 52.2 Å². The molecule has 5 rings (SSSR count). The Hall–Kier alpha value is -4.46. The van der Waals surface area contributed by atoms with Gasteiger partial charge in [-0.3, -0.25) is 14.5 Å². The smallest absolute Gasteiger partial charge is 0.300 e. The normalized spacial score (nSPS) is 17.5. The maximum Gasteiger partial charge on any atom is 0.300 e. The zero-order chi connectivity index (χ0) is 28.2. The Morgan fingerprint density at radius 1 is 0.950 bits per heavy atom. The van der Waals surface area contributed by atoms with Gasteiger partial charge < -0.3 is 24.1 Å². The van der Waals surface area contributed by atoms with Crippen LogP contribution in [0.2, 0.25) is 0 Å². The summed E-state index contributed by atoms with van der Waals surface area (Å²) in [5.41, 5.74) is 1.50. The highest BCUT2D eigenvalue weighted by molar-refractivity contribution is 6.51. The van der Waals surface area contributed by atoms with Crippen molar-refractivity contribution >= 4 is 23.1 Å². The lowest BCUT2D eigenvalue weighted by atomic mass is 9.95. The standard InChI is InChI=1S/C32H33NO7/c1-4-5-6-17-37-24-12-9-22(10-13-24)30(34)28-29(21-7-14-25(15-8-21)40-20(2)3)33(32(36)31(28)35)23-11-16-26-27(18-23)39-19-38-26/h7-16,18,20,29,34H,4-6,17,19H2,1-3H3/b30-28+. The molecule has 0 spiro atoms. The van der Waals surface area contributed by atoms with Gasteiger partial charge in [-0.15, -0.1) is 0 Å². The topological polar surface area (TPSA) is 94.5 Å². The molecule has 8 nitrogen and oxygen atoms in total. The molecule has 1 saturated heterocycles. The van der Waals surface area contributed by atoms with Crippen LogP contribution in [0.5, 0.6) is 23.0 Å². The lowest BCUT2D eigenvalue weighted by molar-refractivity contribution is -0.132. The number of amides is 1. The Bertz CT molecular complexity index is 1410. The summed E-state index contributed by atoms with van der Waals surface area (Å²) in [6.07, 6.45) is 3.15. The highest BCUT2D eigenvalue weighted by Crippen LogP contribution is 2.45. The van der Waals surface area contributed by atoms with Gasteiger partial charge in [-0.05, 0) is 74.4 Å². The molecule has 1 amide bonds. The number of aliphatic hydroxyl groups is 1. The van der Waals surface area contributed by atoms with Gasteiger partial charge in [0.15, 0.2) is 11.5 Å². The van der Waals surface area contributed by atoms with E-state index in [0.717, 1.165) is 19.3 Å². The van der Waals surface area contributed by atoms with Crippen LogP contribution in [0.1, 0.15) is 57.2 Å². The molecule has 3 aromatic rings. The Labute approximate surface area is 233 Å². The predicted molar refractivity (Wildman–Crippen MR) is 151 cm³/mol. The van der Waals surface area contributed by atoms with Crippen molar-refractivity contribution in [3.8, 4) is 23.0 Å². The number of ketones is 1. The first kappa shape index (κ1) is 27.1.